The molecule has 0 heterocycles. The van der Waals surface area contributed by atoms with Crippen LogP contribution in [0, 0.1) is 12.7 Å². The second-order valence-electron chi connectivity index (χ2n) is 7.77. The first-order valence-corrected chi connectivity index (χ1v) is 9.69. The van der Waals surface area contributed by atoms with Crippen molar-refractivity contribution >= 4 is 17.6 Å². The summed E-state index contributed by atoms with van der Waals surface area (Å²) < 4.78 is 13.8. The number of aromatic hydroxyl groups is 2. The van der Waals surface area contributed by atoms with E-state index >= 15 is 0 Å². The van der Waals surface area contributed by atoms with E-state index in [1.807, 2.05) is 6.92 Å². The molecule has 1 amide bonds. The smallest absolute Gasteiger partial charge is 0.338 e. The first kappa shape index (κ1) is 20.4. The fraction of sp³-hybridized carbons (Fsp3) is 0.167. The zero-order valence-electron chi connectivity index (χ0n) is 16.6. The van der Waals surface area contributed by atoms with Gasteiger partial charge in [-0.25, -0.2) is 9.18 Å². The van der Waals surface area contributed by atoms with Gasteiger partial charge in [0.1, 0.15) is 5.82 Å². The molecule has 0 unspecified atom stereocenters. The highest BCUT2D eigenvalue weighted by Crippen LogP contribution is 2.50. The van der Waals surface area contributed by atoms with E-state index in [1.54, 1.807) is 24.3 Å². The van der Waals surface area contributed by atoms with Crippen LogP contribution in [0.25, 0.3) is 11.1 Å². The molecule has 0 bridgehead atoms. The molecular weight excluding hydrogens is 401 g/mol. The Morgan fingerprint density at radius 3 is 2.35 bits per heavy atom. The van der Waals surface area contributed by atoms with Gasteiger partial charge in [-0.05, 0) is 78.4 Å². The number of carboxylic acid groups (broad SMARTS) is 1. The van der Waals surface area contributed by atoms with E-state index in [4.69, 9.17) is 0 Å². The van der Waals surface area contributed by atoms with Crippen molar-refractivity contribution in [1.82, 2.24) is 0 Å². The lowest BCUT2D eigenvalue weighted by molar-refractivity contribution is -0.118. The van der Waals surface area contributed by atoms with Gasteiger partial charge >= 0.3 is 5.97 Å². The maximum atomic E-state index is 13.8. The summed E-state index contributed by atoms with van der Waals surface area (Å²) in [5.41, 5.74) is 1.98. The summed E-state index contributed by atoms with van der Waals surface area (Å²) in [6.45, 7) is 1.84. The van der Waals surface area contributed by atoms with Gasteiger partial charge in [0, 0.05) is 5.69 Å². The SMILES string of the molecule is Cc1ccc(NC(=O)C2(c3ccc(O)c(O)c3)CC2)cc1-c1ccc(F)c(C(=O)O)c1. The molecule has 1 fully saturated rings. The molecule has 6 nitrogen and oxygen atoms in total. The molecule has 1 aliphatic rings. The lowest BCUT2D eigenvalue weighted by Gasteiger charge is -2.17. The number of carbonyl (C=O) groups is 2. The lowest BCUT2D eigenvalue weighted by Crippen LogP contribution is -2.27. The fourth-order valence-corrected chi connectivity index (χ4v) is 3.71. The number of halogens is 1. The number of hydrogen-bond acceptors (Lipinski definition) is 4. The van der Waals surface area contributed by atoms with Gasteiger partial charge in [0.15, 0.2) is 11.5 Å². The Morgan fingerprint density at radius 2 is 1.71 bits per heavy atom. The maximum absolute atomic E-state index is 13.8. The van der Waals surface area contributed by atoms with Gasteiger partial charge in [-0.3, -0.25) is 4.79 Å². The number of carbonyl (C=O) groups excluding carboxylic acids is 1. The molecule has 0 radical (unpaired) electrons. The van der Waals surface area contributed by atoms with Crippen LogP contribution in [-0.2, 0) is 10.2 Å². The summed E-state index contributed by atoms with van der Waals surface area (Å²) in [4.78, 5) is 24.3. The van der Waals surface area contributed by atoms with Crippen LogP contribution >= 0.6 is 0 Å². The van der Waals surface area contributed by atoms with E-state index in [0.29, 0.717) is 35.2 Å². The van der Waals surface area contributed by atoms with E-state index in [-0.39, 0.29) is 17.4 Å². The Morgan fingerprint density at radius 1 is 0.968 bits per heavy atom. The fourth-order valence-electron chi connectivity index (χ4n) is 3.71. The van der Waals surface area contributed by atoms with Gasteiger partial charge in [-0.1, -0.05) is 18.2 Å². The number of benzene rings is 3. The monoisotopic (exact) mass is 421 g/mol. The molecule has 4 rings (SSSR count). The second-order valence-corrected chi connectivity index (χ2v) is 7.77. The van der Waals surface area contributed by atoms with E-state index < -0.39 is 22.8 Å². The third-order valence-electron chi connectivity index (χ3n) is 5.72. The third-order valence-corrected chi connectivity index (χ3v) is 5.72. The minimum absolute atomic E-state index is 0.238. The molecule has 0 aromatic heterocycles. The number of phenolic OH excluding ortho intramolecular Hbond substituents is 2. The number of amides is 1. The molecule has 0 spiro atoms. The van der Waals surface area contributed by atoms with Crippen molar-refractivity contribution < 1.29 is 29.3 Å². The molecule has 7 heteroatoms. The molecule has 4 N–H and O–H groups in total. The van der Waals surface area contributed by atoms with Gasteiger partial charge in [0.25, 0.3) is 0 Å². The van der Waals surface area contributed by atoms with Crippen molar-refractivity contribution in [2.75, 3.05) is 5.32 Å². The molecule has 0 atom stereocenters. The predicted octanol–water partition coefficient (Wildman–Crippen LogP) is 4.58. The highest BCUT2D eigenvalue weighted by Gasteiger charge is 2.51. The zero-order valence-corrected chi connectivity index (χ0v) is 16.6. The molecule has 1 aliphatic carbocycles. The van der Waals surface area contributed by atoms with Crippen molar-refractivity contribution in [1.29, 1.82) is 0 Å². The summed E-state index contributed by atoms with van der Waals surface area (Å²) in [6.07, 6.45) is 1.23. The van der Waals surface area contributed by atoms with Crippen LogP contribution in [0.5, 0.6) is 11.5 Å². The third kappa shape index (κ3) is 3.70. The Kier molecular flexibility index (Phi) is 4.89. The van der Waals surface area contributed by atoms with Crippen LogP contribution in [0.1, 0.15) is 34.3 Å². The average molecular weight is 421 g/mol. The number of anilines is 1. The van der Waals surface area contributed by atoms with Crippen molar-refractivity contribution in [3.8, 4) is 22.6 Å². The average Bonchev–Trinajstić information content (AvgIpc) is 3.54. The number of aromatic carboxylic acids is 1. The highest BCUT2D eigenvalue weighted by molar-refractivity contribution is 6.02. The Labute approximate surface area is 177 Å². The molecular formula is C24H20FNO5. The topological polar surface area (TPSA) is 107 Å². The van der Waals surface area contributed by atoms with Crippen LogP contribution in [0.3, 0.4) is 0 Å². The number of hydrogen-bond donors (Lipinski definition) is 4. The molecule has 3 aromatic rings. The Balaban J connectivity index is 1.63. The number of nitrogens with one attached hydrogen (secondary N) is 1. The molecule has 0 saturated heterocycles. The normalized spacial score (nSPS) is 14.1. The van der Waals surface area contributed by atoms with Gasteiger partial charge in [0.05, 0.1) is 11.0 Å². The quantitative estimate of drug-likeness (QED) is 0.451. The second kappa shape index (κ2) is 7.43. The van der Waals surface area contributed by atoms with E-state index in [9.17, 15) is 29.3 Å². The van der Waals surface area contributed by atoms with E-state index in [0.717, 1.165) is 11.6 Å². The molecule has 31 heavy (non-hydrogen) atoms. The van der Waals surface area contributed by atoms with Gasteiger partial charge in [-0.15, -0.1) is 0 Å². The van der Waals surface area contributed by atoms with E-state index in [1.165, 1.54) is 24.3 Å². The van der Waals surface area contributed by atoms with Crippen LogP contribution < -0.4 is 5.32 Å². The number of rotatable bonds is 5. The van der Waals surface area contributed by atoms with Crippen molar-refractivity contribution in [2.45, 2.75) is 25.2 Å². The van der Waals surface area contributed by atoms with Crippen molar-refractivity contribution in [3.05, 3.63) is 77.1 Å². The van der Waals surface area contributed by atoms with Crippen LogP contribution in [0.2, 0.25) is 0 Å². The van der Waals surface area contributed by atoms with Gasteiger partial charge < -0.3 is 20.6 Å². The van der Waals surface area contributed by atoms with Gasteiger partial charge in [0.2, 0.25) is 5.91 Å². The first-order chi connectivity index (χ1) is 14.7. The number of carboxylic acids is 1. The molecule has 0 aliphatic heterocycles. The summed E-state index contributed by atoms with van der Waals surface area (Å²) in [5, 5.41) is 31.4. The summed E-state index contributed by atoms with van der Waals surface area (Å²) >= 11 is 0. The van der Waals surface area contributed by atoms with Crippen LogP contribution in [-0.4, -0.2) is 27.2 Å². The minimum atomic E-state index is -1.35. The van der Waals surface area contributed by atoms with Crippen LogP contribution in [0.15, 0.2) is 54.6 Å². The molecule has 3 aromatic carbocycles. The number of phenols is 2. The highest BCUT2D eigenvalue weighted by atomic mass is 19.1. The lowest BCUT2D eigenvalue weighted by atomic mass is 9.94. The summed E-state index contributed by atoms with van der Waals surface area (Å²) in [6, 6.07) is 13.5. The van der Waals surface area contributed by atoms with Crippen LogP contribution in [0.4, 0.5) is 10.1 Å². The Bertz CT molecular complexity index is 1220. The molecule has 158 valence electrons. The summed E-state index contributed by atoms with van der Waals surface area (Å²) in [7, 11) is 0. The van der Waals surface area contributed by atoms with E-state index in [2.05, 4.69) is 5.32 Å². The Hall–Kier alpha value is -3.87. The largest absolute Gasteiger partial charge is 0.504 e. The zero-order chi connectivity index (χ0) is 22.3. The summed E-state index contributed by atoms with van der Waals surface area (Å²) in [5.74, 6) is -2.93. The standard InChI is InChI=1S/C24H20FNO5/c1-13-2-5-16(12-17(13)14-3-6-19(25)18(10-14)22(29)30)26-23(31)24(8-9-24)15-4-7-20(27)21(28)11-15/h2-7,10-12,27-28H,8-9H2,1H3,(H,26,31)(H,29,30). The molecule has 1 saturated carbocycles. The predicted molar refractivity (Wildman–Crippen MR) is 113 cm³/mol. The van der Waals surface area contributed by atoms with Gasteiger partial charge in [-0.2, -0.15) is 0 Å². The minimum Gasteiger partial charge on any atom is -0.504 e. The van der Waals surface area contributed by atoms with Crippen molar-refractivity contribution in [3.63, 3.8) is 0 Å². The van der Waals surface area contributed by atoms with Crippen molar-refractivity contribution in [2.24, 2.45) is 0 Å². The first-order valence-electron chi connectivity index (χ1n) is 9.69. The maximum Gasteiger partial charge on any atom is 0.338 e. The number of aryl methyl sites for hydroxylation is 1.